The Labute approximate surface area is 141 Å². The molecule has 0 fully saturated rings. The third-order valence-electron chi connectivity index (χ3n) is 4.30. The third-order valence-corrected chi connectivity index (χ3v) is 4.30. The van der Waals surface area contributed by atoms with Gasteiger partial charge in [0.25, 0.3) is 0 Å². The highest BCUT2D eigenvalue weighted by molar-refractivity contribution is 6.10. The number of nitrogens with zero attached hydrogens (tertiary/aromatic N) is 3. The summed E-state index contributed by atoms with van der Waals surface area (Å²) < 4.78 is 1.87. The molecule has 0 aromatic carbocycles. The van der Waals surface area contributed by atoms with Gasteiger partial charge in [0.05, 0.1) is 12.3 Å². The number of fused-ring (bicyclic) bond motifs is 1. The zero-order chi connectivity index (χ0) is 17.3. The van der Waals surface area contributed by atoms with Crippen LogP contribution in [0.15, 0.2) is 35.7 Å². The summed E-state index contributed by atoms with van der Waals surface area (Å²) in [7, 11) is 3.74. The first kappa shape index (κ1) is 16.0. The van der Waals surface area contributed by atoms with Gasteiger partial charge >= 0.3 is 0 Å². The largest absolute Gasteiger partial charge is 0.393 e. The third kappa shape index (κ3) is 2.97. The van der Waals surface area contributed by atoms with Gasteiger partial charge in [-0.1, -0.05) is 0 Å². The van der Waals surface area contributed by atoms with E-state index in [1.807, 2.05) is 35.8 Å². The highest BCUT2D eigenvalue weighted by Crippen LogP contribution is 2.27. The van der Waals surface area contributed by atoms with Gasteiger partial charge in [-0.25, -0.2) is 0 Å². The van der Waals surface area contributed by atoms with E-state index in [2.05, 4.69) is 15.7 Å². The second-order valence-corrected chi connectivity index (χ2v) is 5.95. The first-order valence-electron chi connectivity index (χ1n) is 7.93. The Hall–Kier alpha value is -2.83. The smallest absolute Gasteiger partial charge is 0.219 e. The second kappa shape index (κ2) is 6.35. The maximum Gasteiger partial charge on any atom is 0.219 e. The molecule has 0 saturated heterocycles. The average Bonchev–Trinajstić information content (AvgIpc) is 2.86. The minimum Gasteiger partial charge on any atom is -0.393 e. The summed E-state index contributed by atoms with van der Waals surface area (Å²) in [6.07, 6.45) is 8.18. The summed E-state index contributed by atoms with van der Waals surface area (Å²) in [5, 5.41) is 18.9. The fourth-order valence-electron chi connectivity index (χ4n) is 3.01. The van der Waals surface area contributed by atoms with Crippen molar-refractivity contribution < 1.29 is 4.79 Å². The minimum absolute atomic E-state index is 0.0795. The Kier molecular flexibility index (Phi) is 4.24. The van der Waals surface area contributed by atoms with Crippen LogP contribution in [0.1, 0.15) is 18.2 Å². The average molecular weight is 326 g/mol. The Bertz CT molecular complexity index is 783. The predicted molar refractivity (Wildman–Crippen MR) is 93.7 cm³/mol. The molecule has 0 bridgehead atoms. The van der Waals surface area contributed by atoms with Crippen LogP contribution in [0.3, 0.4) is 0 Å². The van der Waals surface area contributed by atoms with Gasteiger partial charge in [-0.3, -0.25) is 9.48 Å². The molecule has 1 aliphatic carbocycles. The minimum atomic E-state index is 0.0795. The molecule has 7 nitrogen and oxygen atoms in total. The molecule has 0 unspecified atom stereocenters. The molecule has 1 aliphatic heterocycles. The van der Waals surface area contributed by atoms with Crippen LogP contribution in [0.2, 0.25) is 0 Å². The highest BCUT2D eigenvalue weighted by atomic mass is 16.2. The molecule has 3 rings (SSSR count). The first-order chi connectivity index (χ1) is 11.5. The monoisotopic (exact) mass is 326 g/mol. The summed E-state index contributed by atoms with van der Waals surface area (Å²) in [5.41, 5.74) is 4.28. The van der Waals surface area contributed by atoms with Crippen LogP contribution in [-0.2, 0) is 24.8 Å². The molecule has 3 N–H and O–H groups in total. The van der Waals surface area contributed by atoms with E-state index in [1.54, 1.807) is 19.2 Å². The van der Waals surface area contributed by atoms with Gasteiger partial charge in [-0.2, -0.15) is 5.10 Å². The Morgan fingerprint density at radius 2 is 2.21 bits per heavy atom. The van der Waals surface area contributed by atoms with Crippen molar-refractivity contribution in [2.45, 2.75) is 19.9 Å². The van der Waals surface area contributed by atoms with Crippen LogP contribution in [0, 0.1) is 5.41 Å². The Balaban J connectivity index is 1.84. The van der Waals surface area contributed by atoms with Gasteiger partial charge in [0, 0.05) is 62.7 Å². The Morgan fingerprint density at radius 3 is 2.88 bits per heavy atom. The number of nitrogens with one attached hydrogen (secondary N) is 3. The summed E-state index contributed by atoms with van der Waals surface area (Å²) in [4.78, 5) is 13.5. The second-order valence-electron chi connectivity index (χ2n) is 5.95. The van der Waals surface area contributed by atoms with Crippen molar-refractivity contribution in [2.24, 2.45) is 7.05 Å². The molecular weight excluding hydrogens is 304 g/mol. The van der Waals surface area contributed by atoms with Gasteiger partial charge in [0.15, 0.2) is 5.82 Å². The zero-order valence-corrected chi connectivity index (χ0v) is 14.2. The maximum atomic E-state index is 11.7. The topological polar surface area (TPSA) is 86.0 Å². The van der Waals surface area contributed by atoms with E-state index < -0.39 is 0 Å². The molecule has 126 valence electrons. The summed E-state index contributed by atoms with van der Waals surface area (Å²) in [6.45, 7) is 2.89. The molecule has 0 saturated carbocycles. The Morgan fingerprint density at radius 1 is 1.42 bits per heavy atom. The quantitative estimate of drug-likeness (QED) is 0.782. The van der Waals surface area contributed by atoms with Crippen LogP contribution in [-0.4, -0.2) is 39.9 Å². The van der Waals surface area contributed by atoms with Crippen LogP contribution in [0.5, 0.6) is 0 Å². The first-order valence-corrected chi connectivity index (χ1v) is 7.93. The van der Waals surface area contributed by atoms with Crippen molar-refractivity contribution in [1.82, 2.24) is 20.0 Å². The normalized spacial score (nSPS) is 18.5. The fraction of sp³-hybridized carbons (Fsp3) is 0.353. The number of hydrogen-bond donors (Lipinski definition) is 3. The molecule has 7 heteroatoms. The standard InChI is InChI=1S/C17H22N6O/c1-11(24)23-7-6-16-14(10-23)17(21-22(16)3)20-13-5-4-12(9-19-2)15(18)8-13/h4-5,8-9,18-19H,6-7,10H2,1-3H3,(H,20,21)/b12-9-,18-15?. The molecule has 0 spiro atoms. The number of allylic oxidation sites excluding steroid dienone is 4. The van der Waals surface area contributed by atoms with E-state index in [4.69, 9.17) is 5.41 Å². The van der Waals surface area contributed by atoms with Gasteiger partial charge in [-0.05, 0) is 18.2 Å². The lowest BCUT2D eigenvalue weighted by molar-refractivity contribution is -0.129. The molecule has 1 aromatic rings. The zero-order valence-electron chi connectivity index (χ0n) is 14.2. The molecule has 24 heavy (non-hydrogen) atoms. The van der Waals surface area contributed by atoms with Crippen LogP contribution >= 0.6 is 0 Å². The number of carbonyl (C=O) groups is 1. The van der Waals surface area contributed by atoms with Crippen molar-refractivity contribution >= 4 is 17.4 Å². The van der Waals surface area contributed by atoms with Crippen molar-refractivity contribution in [3.05, 3.63) is 47.0 Å². The van der Waals surface area contributed by atoms with Crippen LogP contribution in [0.4, 0.5) is 5.82 Å². The summed E-state index contributed by atoms with van der Waals surface area (Å²) in [6, 6.07) is 0. The molecule has 2 aliphatic rings. The molecule has 1 amide bonds. The maximum absolute atomic E-state index is 11.7. The number of aromatic nitrogens is 2. The molecular formula is C17H22N6O. The molecule has 0 atom stereocenters. The van der Waals surface area contributed by atoms with E-state index in [0.717, 1.165) is 41.3 Å². The number of anilines is 1. The predicted octanol–water partition coefficient (Wildman–Crippen LogP) is 1.31. The molecule has 1 aromatic heterocycles. The van der Waals surface area contributed by atoms with Crippen LogP contribution < -0.4 is 10.6 Å². The van der Waals surface area contributed by atoms with Gasteiger partial charge in [-0.15, -0.1) is 0 Å². The van der Waals surface area contributed by atoms with E-state index in [0.29, 0.717) is 12.3 Å². The highest BCUT2D eigenvalue weighted by Gasteiger charge is 2.25. The lowest BCUT2D eigenvalue weighted by Crippen LogP contribution is -2.34. The number of rotatable bonds is 3. The molecule has 0 radical (unpaired) electrons. The van der Waals surface area contributed by atoms with Crippen molar-refractivity contribution in [3.63, 3.8) is 0 Å². The lowest BCUT2D eigenvalue weighted by atomic mass is 10.0. The van der Waals surface area contributed by atoms with Gasteiger partial charge in [0.2, 0.25) is 5.91 Å². The van der Waals surface area contributed by atoms with Crippen molar-refractivity contribution in [3.8, 4) is 0 Å². The lowest BCUT2D eigenvalue weighted by Gasteiger charge is -2.26. The van der Waals surface area contributed by atoms with Crippen molar-refractivity contribution in [1.29, 1.82) is 5.41 Å². The van der Waals surface area contributed by atoms with E-state index in [1.165, 1.54) is 0 Å². The van der Waals surface area contributed by atoms with Gasteiger partial charge < -0.3 is 20.9 Å². The number of aryl methyl sites for hydroxylation is 1. The van der Waals surface area contributed by atoms with Crippen LogP contribution in [0.25, 0.3) is 0 Å². The summed E-state index contributed by atoms with van der Waals surface area (Å²) in [5.74, 6) is 0.832. The summed E-state index contributed by atoms with van der Waals surface area (Å²) >= 11 is 0. The SMILES string of the molecule is CN/C=C1/C=CC(Nc2nn(C)c3c2CN(C(C)=O)CC3)=CC1=N. The molecule has 2 heterocycles. The van der Waals surface area contributed by atoms with E-state index >= 15 is 0 Å². The fourth-order valence-corrected chi connectivity index (χ4v) is 3.01. The number of amides is 1. The number of carbonyl (C=O) groups excluding carboxylic acids is 1. The van der Waals surface area contributed by atoms with E-state index in [-0.39, 0.29) is 5.91 Å². The van der Waals surface area contributed by atoms with Gasteiger partial charge in [0.1, 0.15) is 0 Å². The number of hydrogen-bond acceptors (Lipinski definition) is 5. The van der Waals surface area contributed by atoms with E-state index in [9.17, 15) is 4.79 Å². The van der Waals surface area contributed by atoms with Crippen molar-refractivity contribution in [2.75, 3.05) is 18.9 Å².